The fourth-order valence-electron chi connectivity index (χ4n) is 4.45. The molecule has 3 aromatic heterocycles. The largest absolute Gasteiger partial charge is 0.464 e. The zero-order valence-electron chi connectivity index (χ0n) is 22.5. The molecular weight excluding hydrogens is 526 g/mol. The van der Waals surface area contributed by atoms with Gasteiger partial charge in [0.2, 0.25) is 17.8 Å². The highest BCUT2D eigenvalue weighted by Gasteiger charge is 2.30. The Labute approximate surface area is 235 Å². The Hall–Kier alpha value is -5.10. The molecule has 1 unspecified atom stereocenters. The lowest BCUT2D eigenvalue weighted by atomic mass is 9.90. The number of rotatable bonds is 9. The zero-order valence-corrected chi connectivity index (χ0v) is 22.5. The van der Waals surface area contributed by atoms with Crippen molar-refractivity contribution in [2.24, 2.45) is 0 Å². The first-order valence-corrected chi connectivity index (χ1v) is 13.0. The van der Waals surface area contributed by atoms with Crippen LogP contribution in [0.3, 0.4) is 0 Å². The Bertz CT molecular complexity index is 1660. The SMILES string of the molecule is C=CCNC(=O)c1cnc(Nc2ccc3occ(C4CCC(=O)NC4=O)c3c2)nc1Nc1cccc(C(C)(C)O)n1. The maximum atomic E-state index is 12.8. The fraction of sp³-hybridized carbons (Fsp3) is 0.241. The summed E-state index contributed by atoms with van der Waals surface area (Å²) in [7, 11) is 0. The van der Waals surface area contributed by atoms with Crippen LogP contribution in [0.4, 0.5) is 23.3 Å². The minimum atomic E-state index is -1.17. The summed E-state index contributed by atoms with van der Waals surface area (Å²) in [6.07, 6.45) is 5.14. The van der Waals surface area contributed by atoms with Crippen LogP contribution in [-0.4, -0.2) is 44.3 Å². The molecule has 1 fully saturated rings. The number of hydrogen-bond acceptors (Lipinski definition) is 10. The predicted octanol–water partition coefficient (Wildman–Crippen LogP) is 3.77. The van der Waals surface area contributed by atoms with E-state index < -0.39 is 17.4 Å². The number of aromatic nitrogens is 3. The van der Waals surface area contributed by atoms with Gasteiger partial charge in [0.25, 0.3) is 5.91 Å². The Morgan fingerprint density at radius 2 is 2.05 bits per heavy atom. The second kappa shape index (κ2) is 11.2. The van der Waals surface area contributed by atoms with Gasteiger partial charge in [-0.25, -0.2) is 9.97 Å². The first-order valence-electron chi connectivity index (χ1n) is 13.0. The number of nitrogens with one attached hydrogen (secondary N) is 4. The lowest BCUT2D eigenvalue weighted by molar-refractivity contribution is -0.134. The van der Waals surface area contributed by atoms with Gasteiger partial charge in [-0.1, -0.05) is 12.1 Å². The molecule has 5 N–H and O–H groups in total. The number of benzene rings is 1. The monoisotopic (exact) mass is 555 g/mol. The van der Waals surface area contributed by atoms with Crippen LogP contribution in [0.15, 0.2) is 65.9 Å². The number of furan rings is 1. The van der Waals surface area contributed by atoms with Crippen LogP contribution in [0.1, 0.15) is 54.2 Å². The molecule has 4 aromatic rings. The van der Waals surface area contributed by atoms with Gasteiger partial charge in [-0.2, -0.15) is 4.98 Å². The van der Waals surface area contributed by atoms with Crippen molar-refractivity contribution in [2.45, 2.75) is 38.2 Å². The van der Waals surface area contributed by atoms with E-state index in [9.17, 15) is 19.5 Å². The molecule has 4 heterocycles. The summed E-state index contributed by atoms with van der Waals surface area (Å²) in [5.41, 5.74) is 1.34. The zero-order chi connectivity index (χ0) is 29.1. The van der Waals surface area contributed by atoms with Crippen LogP contribution in [0.25, 0.3) is 11.0 Å². The average molecular weight is 556 g/mol. The highest BCUT2D eigenvalue weighted by Crippen LogP contribution is 2.34. The van der Waals surface area contributed by atoms with Crippen molar-refractivity contribution in [3.63, 3.8) is 0 Å². The first kappa shape index (κ1) is 27.5. The van der Waals surface area contributed by atoms with E-state index in [2.05, 4.69) is 42.8 Å². The summed E-state index contributed by atoms with van der Waals surface area (Å²) in [6.45, 7) is 7.13. The molecule has 41 heavy (non-hydrogen) atoms. The van der Waals surface area contributed by atoms with Gasteiger partial charge >= 0.3 is 0 Å². The van der Waals surface area contributed by atoms with Crippen molar-refractivity contribution in [3.8, 4) is 0 Å². The van der Waals surface area contributed by atoms with E-state index in [0.717, 1.165) is 5.39 Å². The number of fused-ring (bicyclic) bond motifs is 1. The molecule has 12 heteroatoms. The maximum Gasteiger partial charge on any atom is 0.256 e. The molecule has 5 rings (SSSR count). The van der Waals surface area contributed by atoms with E-state index in [1.54, 1.807) is 56.5 Å². The normalized spacial score (nSPS) is 15.3. The molecule has 1 aromatic carbocycles. The van der Waals surface area contributed by atoms with Crippen molar-refractivity contribution >= 4 is 52.0 Å². The maximum absolute atomic E-state index is 12.8. The van der Waals surface area contributed by atoms with Crippen molar-refractivity contribution in [1.82, 2.24) is 25.6 Å². The average Bonchev–Trinajstić information content (AvgIpc) is 3.34. The molecule has 12 nitrogen and oxygen atoms in total. The van der Waals surface area contributed by atoms with Gasteiger partial charge in [-0.15, -0.1) is 6.58 Å². The lowest BCUT2D eigenvalue weighted by Gasteiger charge is -2.20. The summed E-state index contributed by atoms with van der Waals surface area (Å²) in [6, 6.07) is 10.5. The molecule has 1 saturated heterocycles. The Kier molecular flexibility index (Phi) is 7.49. The minimum Gasteiger partial charge on any atom is -0.464 e. The molecule has 1 aliphatic rings. The number of piperidine rings is 1. The van der Waals surface area contributed by atoms with E-state index in [1.807, 2.05) is 6.07 Å². The molecule has 0 aliphatic carbocycles. The third kappa shape index (κ3) is 6.07. The Morgan fingerprint density at radius 3 is 2.80 bits per heavy atom. The van der Waals surface area contributed by atoms with Crippen LogP contribution in [0, 0.1) is 0 Å². The van der Waals surface area contributed by atoms with Crippen LogP contribution in [0.2, 0.25) is 0 Å². The number of carbonyl (C=O) groups is 3. The van der Waals surface area contributed by atoms with E-state index in [0.29, 0.717) is 34.8 Å². The number of carbonyl (C=O) groups excluding carboxylic acids is 3. The lowest BCUT2D eigenvalue weighted by Crippen LogP contribution is -2.39. The second-order valence-electron chi connectivity index (χ2n) is 10.1. The molecule has 0 radical (unpaired) electrons. The van der Waals surface area contributed by atoms with Crippen molar-refractivity contribution in [1.29, 1.82) is 0 Å². The molecule has 210 valence electrons. The van der Waals surface area contributed by atoms with Gasteiger partial charge in [0.15, 0.2) is 0 Å². The predicted molar refractivity (Wildman–Crippen MR) is 152 cm³/mol. The molecule has 1 atom stereocenters. The van der Waals surface area contributed by atoms with Crippen LogP contribution >= 0.6 is 0 Å². The second-order valence-corrected chi connectivity index (χ2v) is 10.1. The molecule has 0 saturated carbocycles. The van der Waals surface area contributed by atoms with E-state index in [-0.39, 0.29) is 42.1 Å². The summed E-state index contributed by atoms with van der Waals surface area (Å²) in [5, 5.41) is 22.4. The van der Waals surface area contributed by atoms with Gasteiger partial charge < -0.3 is 25.5 Å². The molecule has 0 spiro atoms. The summed E-state index contributed by atoms with van der Waals surface area (Å²) >= 11 is 0. The first-order chi connectivity index (χ1) is 19.6. The van der Waals surface area contributed by atoms with Crippen molar-refractivity contribution in [2.75, 3.05) is 17.2 Å². The highest BCUT2D eigenvalue weighted by molar-refractivity contribution is 6.03. The molecule has 0 bridgehead atoms. The molecule has 1 aliphatic heterocycles. The van der Waals surface area contributed by atoms with Gasteiger partial charge in [0.05, 0.1) is 17.9 Å². The Morgan fingerprint density at radius 1 is 1.22 bits per heavy atom. The van der Waals surface area contributed by atoms with Gasteiger partial charge in [0, 0.05) is 35.8 Å². The van der Waals surface area contributed by atoms with Crippen molar-refractivity contribution in [3.05, 3.63) is 78.3 Å². The Balaban J connectivity index is 1.46. The summed E-state index contributed by atoms with van der Waals surface area (Å²) in [5.74, 6) is -0.792. The number of pyridine rings is 1. The van der Waals surface area contributed by atoms with E-state index in [4.69, 9.17) is 4.42 Å². The standard InChI is InChI=1S/C29H29N7O5/c1-4-12-30-26(38)19-14-31-28(36-25(19)34-23-7-5-6-22(33-23)29(2,3)40)32-16-8-10-21-18(13-16)20(15-41-21)17-9-11-24(37)35-27(17)39/h4-8,10,13-15,17,40H,1,9,11-12H2,2-3H3,(H,30,38)(H,35,37,39)(H2,31,32,33,34,36). The van der Waals surface area contributed by atoms with Gasteiger partial charge in [-0.05, 0) is 50.6 Å². The number of anilines is 4. The summed E-state index contributed by atoms with van der Waals surface area (Å²) < 4.78 is 5.67. The topological polar surface area (TPSA) is 171 Å². The number of hydrogen-bond donors (Lipinski definition) is 5. The van der Waals surface area contributed by atoms with E-state index in [1.165, 1.54) is 6.20 Å². The highest BCUT2D eigenvalue weighted by atomic mass is 16.3. The number of amides is 3. The number of nitrogens with zero attached hydrogens (tertiary/aromatic N) is 3. The number of aliphatic hydroxyl groups is 1. The number of imide groups is 1. The van der Waals surface area contributed by atoms with Crippen LogP contribution in [0.5, 0.6) is 0 Å². The molecule has 3 amide bonds. The van der Waals surface area contributed by atoms with Crippen LogP contribution < -0.4 is 21.3 Å². The smallest absolute Gasteiger partial charge is 0.256 e. The minimum absolute atomic E-state index is 0.179. The molecular formula is C29H29N7O5. The third-order valence-corrected chi connectivity index (χ3v) is 6.54. The summed E-state index contributed by atoms with van der Waals surface area (Å²) in [4.78, 5) is 50.2. The van der Waals surface area contributed by atoms with Gasteiger partial charge in [-0.3, -0.25) is 19.7 Å². The van der Waals surface area contributed by atoms with Crippen molar-refractivity contribution < 1.29 is 23.9 Å². The van der Waals surface area contributed by atoms with Crippen LogP contribution in [-0.2, 0) is 15.2 Å². The van der Waals surface area contributed by atoms with E-state index >= 15 is 0 Å². The van der Waals surface area contributed by atoms with Gasteiger partial charge in [0.1, 0.15) is 28.4 Å². The fourth-order valence-corrected chi connectivity index (χ4v) is 4.45. The quantitative estimate of drug-likeness (QED) is 0.151. The third-order valence-electron chi connectivity index (χ3n) is 6.54.